The summed E-state index contributed by atoms with van der Waals surface area (Å²) in [5, 5.41) is 8.42. The van der Waals surface area contributed by atoms with Gasteiger partial charge in [-0.25, -0.2) is 4.79 Å². The summed E-state index contributed by atoms with van der Waals surface area (Å²) in [6.45, 7) is 14.3. The summed E-state index contributed by atoms with van der Waals surface area (Å²) in [5.41, 5.74) is -0.573. The van der Waals surface area contributed by atoms with Crippen LogP contribution in [0.5, 0.6) is 0 Å². The quantitative estimate of drug-likeness (QED) is 0.580. The molecular weight excluding hydrogens is 192 g/mol. The molecule has 0 unspecified atom stereocenters. The molecular formula is C12H24O3. The van der Waals surface area contributed by atoms with E-state index < -0.39 is 11.4 Å². The molecule has 3 nitrogen and oxygen atoms in total. The van der Waals surface area contributed by atoms with E-state index >= 15 is 0 Å². The Kier molecular flexibility index (Phi) is 3.97. The molecule has 3 heteroatoms. The summed E-state index contributed by atoms with van der Waals surface area (Å²) in [5.74, 6) is -0.570. The molecule has 0 heterocycles. The molecule has 0 aliphatic rings. The molecule has 0 radical (unpaired) electrons. The summed E-state index contributed by atoms with van der Waals surface area (Å²) < 4.78 is 0. The van der Waals surface area contributed by atoms with Crippen LogP contribution in [-0.2, 0) is 9.68 Å². The standard InChI is InChI=1S/C12H24O3/c1-10(2,3)12(6,7)8-11(4,5)9(13)15-14/h14H,8H2,1-7H3. The molecule has 1 N–H and O–H groups in total. The first-order chi connectivity index (χ1) is 6.44. The SMILES string of the molecule is CC(C)(CC(C)(C)C(C)(C)C)C(=O)OO. The Morgan fingerprint density at radius 3 is 1.73 bits per heavy atom. The predicted octanol–water partition coefficient (Wildman–Crippen LogP) is 3.49. The van der Waals surface area contributed by atoms with Crippen LogP contribution in [0, 0.1) is 16.2 Å². The zero-order valence-electron chi connectivity index (χ0n) is 11.0. The van der Waals surface area contributed by atoms with Crippen molar-refractivity contribution in [3.63, 3.8) is 0 Å². The summed E-state index contributed by atoms with van der Waals surface area (Å²) in [4.78, 5) is 15.2. The monoisotopic (exact) mass is 216 g/mol. The maximum Gasteiger partial charge on any atom is 0.347 e. The average molecular weight is 216 g/mol. The van der Waals surface area contributed by atoms with Gasteiger partial charge in [0, 0.05) is 0 Å². The third-order valence-corrected chi connectivity index (χ3v) is 3.55. The second-order valence-corrected chi connectivity index (χ2v) is 6.57. The van der Waals surface area contributed by atoms with Crippen molar-refractivity contribution in [1.29, 1.82) is 0 Å². The van der Waals surface area contributed by atoms with E-state index in [2.05, 4.69) is 39.5 Å². The Morgan fingerprint density at radius 2 is 1.47 bits per heavy atom. The van der Waals surface area contributed by atoms with Crippen molar-refractivity contribution in [3.8, 4) is 0 Å². The molecule has 0 aromatic heterocycles. The maximum atomic E-state index is 11.4. The molecule has 0 bridgehead atoms. The Labute approximate surface area is 92.8 Å². The minimum Gasteiger partial charge on any atom is -0.300 e. The van der Waals surface area contributed by atoms with Gasteiger partial charge in [-0.15, -0.1) is 0 Å². The molecule has 0 fully saturated rings. The molecule has 0 spiro atoms. The molecule has 0 atom stereocenters. The maximum absolute atomic E-state index is 11.4. The lowest BCUT2D eigenvalue weighted by Gasteiger charge is -2.42. The molecule has 0 rings (SSSR count). The van der Waals surface area contributed by atoms with E-state index in [1.807, 2.05) is 0 Å². The highest BCUT2D eigenvalue weighted by Gasteiger charge is 2.41. The van der Waals surface area contributed by atoms with Crippen LogP contribution in [0.2, 0.25) is 0 Å². The summed E-state index contributed by atoms with van der Waals surface area (Å²) in [6.07, 6.45) is 0.670. The number of carbonyl (C=O) groups excluding carboxylic acids is 1. The first kappa shape index (κ1) is 14.4. The Morgan fingerprint density at radius 1 is 1.07 bits per heavy atom. The van der Waals surface area contributed by atoms with Crippen LogP contribution in [-0.4, -0.2) is 11.2 Å². The predicted molar refractivity (Wildman–Crippen MR) is 60.4 cm³/mol. The fraction of sp³-hybridized carbons (Fsp3) is 0.917. The van der Waals surface area contributed by atoms with Crippen LogP contribution in [0.15, 0.2) is 0 Å². The molecule has 0 saturated carbocycles. The van der Waals surface area contributed by atoms with Crippen LogP contribution in [0.4, 0.5) is 0 Å². The van der Waals surface area contributed by atoms with Crippen LogP contribution in [0.25, 0.3) is 0 Å². The number of carbonyl (C=O) groups is 1. The van der Waals surface area contributed by atoms with Gasteiger partial charge in [0.15, 0.2) is 0 Å². The van der Waals surface area contributed by atoms with E-state index in [0.717, 1.165) is 0 Å². The smallest absolute Gasteiger partial charge is 0.300 e. The van der Waals surface area contributed by atoms with E-state index in [0.29, 0.717) is 6.42 Å². The molecule has 0 aromatic carbocycles. The Bertz CT molecular complexity index is 234. The second-order valence-electron chi connectivity index (χ2n) is 6.57. The Hall–Kier alpha value is -0.570. The van der Waals surface area contributed by atoms with Gasteiger partial charge in [0.25, 0.3) is 0 Å². The first-order valence-corrected chi connectivity index (χ1v) is 5.30. The van der Waals surface area contributed by atoms with Crippen molar-refractivity contribution in [2.24, 2.45) is 16.2 Å². The number of hydrogen-bond acceptors (Lipinski definition) is 3. The summed E-state index contributed by atoms with van der Waals surface area (Å²) in [6, 6.07) is 0. The minimum atomic E-state index is -0.661. The number of hydrogen-bond donors (Lipinski definition) is 1. The zero-order chi connectivity index (χ0) is 12.5. The minimum absolute atomic E-state index is 0.00924. The third kappa shape index (κ3) is 3.49. The highest BCUT2D eigenvalue weighted by molar-refractivity contribution is 5.75. The fourth-order valence-electron chi connectivity index (χ4n) is 1.57. The van der Waals surface area contributed by atoms with Gasteiger partial charge in [-0.2, -0.15) is 5.26 Å². The Balaban J connectivity index is 4.80. The first-order valence-electron chi connectivity index (χ1n) is 5.30. The molecule has 15 heavy (non-hydrogen) atoms. The molecule has 0 aromatic rings. The van der Waals surface area contributed by atoms with Gasteiger partial charge >= 0.3 is 5.97 Å². The molecule has 0 aliphatic carbocycles. The van der Waals surface area contributed by atoms with Crippen LogP contribution >= 0.6 is 0 Å². The lowest BCUT2D eigenvalue weighted by atomic mass is 9.62. The lowest BCUT2D eigenvalue weighted by molar-refractivity contribution is -0.245. The number of rotatable bonds is 3. The van der Waals surface area contributed by atoms with E-state index in [-0.39, 0.29) is 10.8 Å². The van der Waals surface area contributed by atoms with Crippen molar-refractivity contribution < 1.29 is 14.9 Å². The summed E-state index contributed by atoms with van der Waals surface area (Å²) >= 11 is 0. The lowest BCUT2D eigenvalue weighted by Crippen LogP contribution is -2.38. The van der Waals surface area contributed by atoms with Gasteiger partial charge in [-0.1, -0.05) is 34.6 Å². The third-order valence-electron chi connectivity index (χ3n) is 3.55. The van der Waals surface area contributed by atoms with Crippen molar-refractivity contribution in [2.75, 3.05) is 0 Å². The van der Waals surface area contributed by atoms with Crippen molar-refractivity contribution in [2.45, 2.75) is 54.9 Å². The van der Waals surface area contributed by atoms with Crippen LogP contribution in [0.3, 0.4) is 0 Å². The largest absolute Gasteiger partial charge is 0.347 e. The van der Waals surface area contributed by atoms with Gasteiger partial charge in [0.1, 0.15) is 0 Å². The fourth-order valence-corrected chi connectivity index (χ4v) is 1.57. The van der Waals surface area contributed by atoms with Gasteiger partial charge in [-0.3, -0.25) is 0 Å². The average Bonchev–Trinajstić information content (AvgIpc) is 1.98. The van der Waals surface area contributed by atoms with E-state index in [1.54, 1.807) is 13.8 Å². The molecule has 90 valence electrons. The van der Waals surface area contributed by atoms with E-state index in [4.69, 9.17) is 5.26 Å². The molecule has 0 amide bonds. The summed E-state index contributed by atoms with van der Waals surface area (Å²) in [7, 11) is 0. The van der Waals surface area contributed by atoms with Crippen molar-refractivity contribution in [1.82, 2.24) is 0 Å². The highest BCUT2D eigenvalue weighted by Crippen LogP contribution is 2.46. The van der Waals surface area contributed by atoms with Gasteiger partial charge in [0.2, 0.25) is 0 Å². The van der Waals surface area contributed by atoms with E-state index in [1.165, 1.54) is 0 Å². The van der Waals surface area contributed by atoms with Gasteiger partial charge in [0.05, 0.1) is 5.41 Å². The van der Waals surface area contributed by atoms with Crippen LogP contribution < -0.4 is 0 Å². The van der Waals surface area contributed by atoms with Crippen molar-refractivity contribution in [3.05, 3.63) is 0 Å². The van der Waals surface area contributed by atoms with Gasteiger partial charge in [-0.05, 0) is 31.1 Å². The molecule has 0 saturated heterocycles. The second kappa shape index (κ2) is 4.12. The molecule has 0 aliphatic heterocycles. The van der Waals surface area contributed by atoms with Crippen molar-refractivity contribution >= 4 is 5.97 Å². The topological polar surface area (TPSA) is 46.5 Å². The van der Waals surface area contributed by atoms with Crippen LogP contribution in [0.1, 0.15) is 54.9 Å². The zero-order valence-corrected chi connectivity index (χ0v) is 11.0. The highest BCUT2D eigenvalue weighted by atomic mass is 17.1. The van der Waals surface area contributed by atoms with Gasteiger partial charge < -0.3 is 4.89 Å². The van der Waals surface area contributed by atoms with E-state index in [9.17, 15) is 4.79 Å². The normalized spacial score (nSPS) is 13.9.